The first-order valence-corrected chi connectivity index (χ1v) is 8.90. The topological polar surface area (TPSA) is 42.0 Å². The molecule has 1 aromatic heterocycles. The Kier molecular flexibility index (Phi) is 3.69. The SMILES string of the molecule is CC1(C(=O)Nc2nccs2)Cc2ccccc2C1c1ccccc1. The lowest BCUT2D eigenvalue weighted by Gasteiger charge is -2.30. The van der Waals surface area contributed by atoms with Gasteiger partial charge in [-0.05, 0) is 30.0 Å². The number of thiazole rings is 1. The number of carbonyl (C=O) groups excluding carboxylic acids is 1. The second kappa shape index (κ2) is 5.87. The first-order valence-electron chi connectivity index (χ1n) is 8.02. The zero-order valence-corrected chi connectivity index (χ0v) is 14.2. The van der Waals surface area contributed by atoms with Gasteiger partial charge < -0.3 is 5.32 Å². The summed E-state index contributed by atoms with van der Waals surface area (Å²) < 4.78 is 0. The predicted molar refractivity (Wildman–Crippen MR) is 97.3 cm³/mol. The van der Waals surface area contributed by atoms with Crippen LogP contribution in [-0.2, 0) is 11.2 Å². The molecule has 0 saturated carbocycles. The van der Waals surface area contributed by atoms with Crippen LogP contribution in [0.5, 0.6) is 0 Å². The van der Waals surface area contributed by atoms with E-state index in [0.717, 1.165) is 6.42 Å². The molecule has 4 heteroatoms. The van der Waals surface area contributed by atoms with Crippen LogP contribution in [0.25, 0.3) is 0 Å². The average molecular weight is 334 g/mol. The molecule has 24 heavy (non-hydrogen) atoms. The van der Waals surface area contributed by atoms with Gasteiger partial charge in [-0.15, -0.1) is 11.3 Å². The van der Waals surface area contributed by atoms with E-state index >= 15 is 0 Å². The molecule has 0 saturated heterocycles. The van der Waals surface area contributed by atoms with Gasteiger partial charge in [0.1, 0.15) is 0 Å². The van der Waals surface area contributed by atoms with Crippen molar-refractivity contribution < 1.29 is 4.79 Å². The van der Waals surface area contributed by atoms with Crippen molar-refractivity contribution in [1.29, 1.82) is 0 Å². The highest BCUT2D eigenvalue weighted by Gasteiger charge is 2.48. The van der Waals surface area contributed by atoms with Gasteiger partial charge in [-0.2, -0.15) is 0 Å². The lowest BCUT2D eigenvalue weighted by molar-refractivity contribution is -0.125. The minimum absolute atomic E-state index is 0.0301. The van der Waals surface area contributed by atoms with E-state index in [-0.39, 0.29) is 11.8 Å². The van der Waals surface area contributed by atoms with E-state index < -0.39 is 5.41 Å². The second-order valence-corrected chi connectivity index (χ2v) is 7.32. The zero-order chi connectivity index (χ0) is 16.6. The normalized spacial score (nSPS) is 22.1. The number of fused-ring (bicyclic) bond motifs is 1. The van der Waals surface area contributed by atoms with Crippen LogP contribution in [-0.4, -0.2) is 10.9 Å². The van der Waals surface area contributed by atoms with Crippen LogP contribution in [0.3, 0.4) is 0 Å². The number of rotatable bonds is 3. The van der Waals surface area contributed by atoms with Crippen molar-refractivity contribution in [3.8, 4) is 0 Å². The van der Waals surface area contributed by atoms with Crippen LogP contribution in [0.15, 0.2) is 66.2 Å². The first-order chi connectivity index (χ1) is 11.7. The Morgan fingerprint density at radius 1 is 1.17 bits per heavy atom. The van der Waals surface area contributed by atoms with Gasteiger partial charge in [-0.1, -0.05) is 54.6 Å². The van der Waals surface area contributed by atoms with E-state index in [4.69, 9.17) is 0 Å². The van der Waals surface area contributed by atoms with E-state index in [1.54, 1.807) is 6.20 Å². The molecule has 2 aromatic carbocycles. The van der Waals surface area contributed by atoms with Gasteiger partial charge in [-0.3, -0.25) is 4.79 Å². The molecule has 0 fully saturated rings. The first kappa shape index (κ1) is 15.1. The summed E-state index contributed by atoms with van der Waals surface area (Å²) in [6.45, 7) is 2.06. The van der Waals surface area contributed by atoms with Crippen molar-refractivity contribution in [2.45, 2.75) is 19.3 Å². The van der Waals surface area contributed by atoms with Crippen LogP contribution < -0.4 is 5.32 Å². The maximum absolute atomic E-state index is 13.1. The number of hydrogen-bond acceptors (Lipinski definition) is 3. The molecule has 2 unspecified atom stereocenters. The minimum Gasteiger partial charge on any atom is -0.301 e. The smallest absolute Gasteiger partial charge is 0.233 e. The third kappa shape index (κ3) is 2.43. The molecule has 3 aromatic rings. The summed E-state index contributed by atoms with van der Waals surface area (Å²) in [6, 6.07) is 18.7. The third-order valence-corrected chi connectivity index (χ3v) is 5.55. The standard InChI is InChI=1S/C20H18N2OS/c1-20(18(23)22-19-21-11-12-24-19)13-15-9-5-6-10-16(15)17(20)14-7-3-2-4-8-14/h2-12,17H,13H2,1H3,(H,21,22,23). The molecule has 1 aliphatic rings. The summed E-state index contributed by atoms with van der Waals surface area (Å²) in [5, 5.41) is 5.53. The Labute approximate surface area is 145 Å². The number of amides is 1. The molecule has 4 rings (SSSR count). The highest BCUT2D eigenvalue weighted by atomic mass is 32.1. The molecule has 120 valence electrons. The average Bonchev–Trinajstić information content (AvgIpc) is 3.21. The van der Waals surface area contributed by atoms with Gasteiger partial charge >= 0.3 is 0 Å². The molecule has 1 amide bonds. The highest BCUT2D eigenvalue weighted by Crippen LogP contribution is 2.51. The molecule has 1 aliphatic carbocycles. The van der Waals surface area contributed by atoms with E-state index in [1.165, 1.54) is 28.0 Å². The Morgan fingerprint density at radius 3 is 2.67 bits per heavy atom. The fraction of sp³-hybridized carbons (Fsp3) is 0.200. The van der Waals surface area contributed by atoms with Crippen LogP contribution in [0.4, 0.5) is 5.13 Å². The predicted octanol–water partition coefficient (Wildman–Crippen LogP) is 4.48. The number of aromatic nitrogens is 1. The summed E-state index contributed by atoms with van der Waals surface area (Å²) >= 11 is 1.45. The van der Waals surface area contributed by atoms with Crippen LogP contribution in [0, 0.1) is 5.41 Å². The van der Waals surface area contributed by atoms with Crippen molar-refractivity contribution >= 4 is 22.4 Å². The zero-order valence-electron chi connectivity index (χ0n) is 13.4. The molecule has 1 N–H and O–H groups in total. The van der Waals surface area contributed by atoms with Crippen molar-refractivity contribution in [3.63, 3.8) is 0 Å². The number of nitrogens with zero attached hydrogens (tertiary/aromatic N) is 1. The molecular weight excluding hydrogens is 316 g/mol. The molecule has 0 spiro atoms. The number of benzene rings is 2. The molecule has 2 atom stereocenters. The van der Waals surface area contributed by atoms with Crippen molar-refractivity contribution in [2.75, 3.05) is 5.32 Å². The van der Waals surface area contributed by atoms with Crippen LogP contribution in [0.2, 0.25) is 0 Å². The van der Waals surface area contributed by atoms with Gasteiger partial charge in [0.2, 0.25) is 5.91 Å². The summed E-state index contributed by atoms with van der Waals surface area (Å²) in [7, 11) is 0. The molecular formula is C20H18N2OS. The Bertz CT molecular complexity index is 860. The van der Waals surface area contributed by atoms with Crippen molar-refractivity contribution in [1.82, 2.24) is 4.98 Å². The Hall–Kier alpha value is -2.46. The molecule has 0 bridgehead atoms. The molecule has 0 aliphatic heterocycles. The van der Waals surface area contributed by atoms with Gasteiger partial charge in [0.15, 0.2) is 5.13 Å². The van der Waals surface area contributed by atoms with E-state index in [9.17, 15) is 4.79 Å². The minimum atomic E-state index is -0.531. The van der Waals surface area contributed by atoms with Crippen molar-refractivity contribution in [3.05, 3.63) is 82.9 Å². The van der Waals surface area contributed by atoms with Gasteiger partial charge in [0.25, 0.3) is 0 Å². The summed E-state index contributed by atoms with van der Waals surface area (Å²) in [4.78, 5) is 17.3. The van der Waals surface area contributed by atoms with E-state index in [0.29, 0.717) is 5.13 Å². The molecule has 0 radical (unpaired) electrons. The van der Waals surface area contributed by atoms with E-state index in [2.05, 4.69) is 47.6 Å². The highest BCUT2D eigenvalue weighted by molar-refractivity contribution is 7.13. The third-order valence-electron chi connectivity index (χ3n) is 4.87. The van der Waals surface area contributed by atoms with Crippen molar-refractivity contribution in [2.24, 2.45) is 5.41 Å². The second-order valence-electron chi connectivity index (χ2n) is 6.43. The van der Waals surface area contributed by atoms with E-state index in [1.807, 2.05) is 29.6 Å². The number of anilines is 1. The summed E-state index contributed by atoms with van der Waals surface area (Å²) in [5.41, 5.74) is 3.15. The number of carbonyl (C=O) groups is 1. The summed E-state index contributed by atoms with van der Waals surface area (Å²) in [6.07, 6.45) is 2.45. The lowest BCUT2D eigenvalue weighted by Crippen LogP contribution is -2.37. The number of hydrogen-bond donors (Lipinski definition) is 1. The number of nitrogens with one attached hydrogen (secondary N) is 1. The van der Waals surface area contributed by atoms with Gasteiger partial charge in [0, 0.05) is 17.5 Å². The quantitative estimate of drug-likeness (QED) is 0.767. The Balaban J connectivity index is 1.77. The lowest BCUT2D eigenvalue weighted by atomic mass is 9.73. The fourth-order valence-corrected chi connectivity index (χ4v) is 4.27. The van der Waals surface area contributed by atoms with Gasteiger partial charge in [-0.25, -0.2) is 4.98 Å². The summed E-state index contributed by atoms with van der Waals surface area (Å²) in [5.74, 6) is 0.0809. The molecule has 3 nitrogen and oxygen atoms in total. The monoisotopic (exact) mass is 334 g/mol. The maximum Gasteiger partial charge on any atom is 0.233 e. The Morgan fingerprint density at radius 2 is 1.92 bits per heavy atom. The van der Waals surface area contributed by atoms with Crippen LogP contribution in [0.1, 0.15) is 29.5 Å². The molecule has 1 heterocycles. The van der Waals surface area contributed by atoms with Crippen LogP contribution >= 0.6 is 11.3 Å². The maximum atomic E-state index is 13.1. The van der Waals surface area contributed by atoms with Gasteiger partial charge in [0.05, 0.1) is 5.41 Å². The largest absolute Gasteiger partial charge is 0.301 e. The fourth-order valence-electron chi connectivity index (χ4n) is 3.75.